The van der Waals surface area contributed by atoms with E-state index >= 15 is 0 Å². The van der Waals surface area contributed by atoms with Crippen LogP contribution in [0.25, 0.3) is 0 Å². The molecule has 0 saturated heterocycles. The van der Waals surface area contributed by atoms with Gasteiger partial charge in [0.15, 0.2) is 0 Å². The van der Waals surface area contributed by atoms with Crippen LogP contribution >= 0.6 is 0 Å². The summed E-state index contributed by atoms with van der Waals surface area (Å²) < 4.78 is 0. The van der Waals surface area contributed by atoms with Crippen molar-refractivity contribution in [2.45, 2.75) is 13.0 Å². The highest BCUT2D eigenvalue weighted by Crippen LogP contribution is 2.00. The fourth-order valence-electron chi connectivity index (χ4n) is 0.639. The summed E-state index contributed by atoms with van der Waals surface area (Å²) in [4.78, 5) is 21.0. The molecule has 80 valence electrons. The van der Waals surface area contributed by atoms with E-state index in [0.717, 1.165) is 12.3 Å². The number of aliphatic carboxylic acids is 1. The second-order valence-corrected chi connectivity index (χ2v) is 2.78. The van der Waals surface area contributed by atoms with E-state index in [1.54, 1.807) is 0 Å². The molecule has 2 unspecified atom stereocenters. The number of aliphatic hydroxyl groups is 2. The predicted molar refractivity (Wildman–Crippen MR) is 47.2 cm³/mol. The normalized spacial score (nSPS) is 15.1. The van der Waals surface area contributed by atoms with Crippen LogP contribution in [0.15, 0.2) is 12.3 Å². The third-order valence-corrected chi connectivity index (χ3v) is 1.55. The topological polar surface area (TPSA) is 107 Å². The molecule has 0 fully saturated rings. The highest BCUT2D eigenvalue weighted by molar-refractivity contribution is 5.84. The van der Waals surface area contributed by atoms with Crippen LogP contribution in [0.5, 0.6) is 0 Å². The van der Waals surface area contributed by atoms with Crippen LogP contribution in [0.1, 0.15) is 6.92 Å². The van der Waals surface area contributed by atoms with Crippen LogP contribution in [0.3, 0.4) is 0 Å². The summed E-state index contributed by atoms with van der Waals surface area (Å²) in [5, 5.41) is 28.1. The standard InChI is InChI=1S/C8H13NO5/c1-5(4-10)7(13)8(14)9-3-2-6(11)12/h2-3,5,7,10,13H,4H2,1H3,(H,9,14)(H,11,12)/b3-2+. The lowest BCUT2D eigenvalue weighted by atomic mass is 10.1. The number of nitrogens with one attached hydrogen (secondary N) is 1. The van der Waals surface area contributed by atoms with Crippen LogP contribution in [0.2, 0.25) is 0 Å². The second kappa shape index (κ2) is 6.11. The molecule has 0 bridgehead atoms. The van der Waals surface area contributed by atoms with Gasteiger partial charge in [0.05, 0.1) is 0 Å². The minimum Gasteiger partial charge on any atom is -0.478 e. The van der Waals surface area contributed by atoms with E-state index in [1.165, 1.54) is 6.92 Å². The monoisotopic (exact) mass is 203 g/mol. The molecule has 0 rings (SSSR count). The second-order valence-electron chi connectivity index (χ2n) is 2.78. The van der Waals surface area contributed by atoms with Crippen molar-refractivity contribution in [3.8, 4) is 0 Å². The molecule has 0 heterocycles. The Labute approximate surface area is 80.9 Å². The summed E-state index contributed by atoms with van der Waals surface area (Å²) in [6.07, 6.45) is 0.296. The maximum Gasteiger partial charge on any atom is 0.329 e. The zero-order valence-corrected chi connectivity index (χ0v) is 7.67. The molecule has 0 aromatic rings. The SMILES string of the molecule is CC(CO)C(O)C(=O)N/C=C/C(=O)O. The number of hydrogen-bond acceptors (Lipinski definition) is 4. The molecule has 0 aliphatic rings. The molecule has 1 amide bonds. The third kappa shape index (κ3) is 4.58. The number of carboxylic acids is 1. The summed E-state index contributed by atoms with van der Waals surface area (Å²) in [6.45, 7) is 1.17. The smallest absolute Gasteiger partial charge is 0.329 e. The largest absolute Gasteiger partial charge is 0.478 e. The van der Waals surface area contributed by atoms with Crippen molar-refractivity contribution in [2.75, 3.05) is 6.61 Å². The molecule has 0 aliphatic carbocycles. The quantitative estimate of drug-likeness (QED) is 0.415. The average molecular weight is 203 g/mol. The molecule has 6 nitrogen and oxygen atoms in total. The first-order valence-corrected chi connectivity index (χ1v) is 3.97. The van der Waals surface area contributed by atoms with Crippen LogP contribution in [-0.4, -0.2) is 39.9 Å². The molecular formula is C8H13NO5. The molecule has 4 N–H and O–H groups in total. The van der Waals surface area contributed by atoms with Crippen LogP contribution in [0.4, 0.5) is 0 Å². The Morgan fingerprint density at radius 3 is 2.50 bits per heavy atom. The van der Waals surface area contributed by atoms with Gasteiger partial charge in [0.25, 0.3) is 5.91 Å². The van der Waals surface area contributed by atoms with Crippen LogP contribution < -0.4 is 5.32 Å². The minimum atomic E-state index is -1.35. The Hall–Kier alpha value is -1.40. The van der Waals surface area contributed by atoms with E-state index in [0.29, 0.717) is 0 Å². The molecule has 0 aliphatic heterocycles. The maximum absolute atomic E-state index is 11.0. The van der Waals surface area contributed by atoms with Gasteiger partial charge < -0.3 is 20.6 Å². The van der Waals surface area contributed by atoms with Crippen molar-refractivity contribution in [3.63, 3.8) is 0 Å². The van der Waals surface area contributed by atoms with E-state index in [-0.39, 0.29) is 6.61 Å². The Bertz CT molecular complexity index is 238. The summed E-state index contributed by atoms with van der Waals surface area (Å²) in [6, 6.07) is 0. The molecule has 0 aromatic carbocycles. The van der Waals surface area contributed by atoms with Crippen molar-refractivity contribution < 1.29 is 24.9 Å². The Morgan fingerprint density at radius 1 is 1.50 bits per heavy atom. The lowest BCUT2D eigenvalue weighted by Gasteiger charge is -2.14. The highest BCUT2D eigenvalue weighted by atomic mass is 16.4. The highest BCUT2D eigenvalue weighted by Gasteiger charge is 2.20. The first-order chi connectivity index (χ1) is 6.49. The molecule has 6 heteroatoms. The first kappa shape index (κ1) is 12.6. The minimum absolute atomic E-state index is 0.322. The summed E-state index contributed by atoms with van der Waals surface area (Å²) in [7, 11) is 0. The number of aliphatic hydroxyl groups excluding tert-OH is 2. The van der Waals surface area contributed by atoms with Gasteiger partial charge in [-0.15, -0.1) is 0 Å². The molecule has 14 heavy (non-hydrogen) atoms. The van der Waals surface area contributed by atoms with Crippen LogP contribution in [-0.2, 0) is 9.59 Å². The molecule has 0 saturated carbocycles. The summed E-state index contributed by atoms with van der Waals surface area (Å²) >= 11 is 0. The van der Waals surface area contributed by atoms with E-state index in [4.69, 9.17) is 10.2 Å². The van der Waals surface area contributed by atoms with Crippen molar-refractivity contribution in [3.05, 3.63) is 12.3 Å². The number of hydrogen-bond donors (Lipinski definition) is 4. The number of rotatable bonds is 5. The zero-order chi connectivity index (χ0) is 11.1. The molecule has 0 aromatic heterocycles. The van der Waals surface area contributed by atoms with Crippen molar-refractivity contribution >= 4 is 11.9 Å². The Balaban J connectivity index is 4.02. The van der Waals surface area contributed by atoms with Gasteiger partial charge in [-0.25, -0.2) is 4.79 Å². The summed E-state index contributed by atoms with van der Waals surface area (Å²) in [5.41, 5.74) is 0. The third-order valence-electron chi connectivity index (χ3n) is 1.55. The lowest BCUT2D eigenvalue weighted by Crippen LogP contribution is -2.37. The summed E-state index contributed by atoms with van der Waals surface area (Å²) in [5.74, 6) is -2.53. The Kier molecular flexibility index (Phi) is 5.50. The van der Waals surface area contributed by atoms with Gasteiger partial charge in [0.1, 0.15) is 6.10 Å². The van der Waals surface area contributed by atoms with Crippen LogP contribution in [0, 0.1) is 5.92 Å². The van der Waals surface area contributed by atoms with Gasteiger partial charge in [-0.05, 0) is 0 Å². The Morgan fingerprint density at radius 2 is 2.07 bits per heavy atom. The fraction of sp³-hybridized carbons (Fsp3) is 0.500. The van der Waals surface area contributed by atoms with Gasteiger partial charge in [0.2, 0.25) is 0 Å². The maximum atomic E-state index is 11.0. The van der Waals surface area contributed by atoms with Gasteiger partial charge >= 0.3 is 5.97 Å². The van der Waals surface area contributed by atoms with Gasteiger partial charge in [-0.3, -0.25) is 4.79 Å². The molecular weight excluding hydrogens is 190 g/mol. The molecule has 2 atom stereocenters. The number of carbonyl (C=O) groups is 2. The molecule has 0 spiro atoms. The van der Waals surface area contributed by atoms with E-state index in [1.807, 2.05) is 0 Å². The van der Waals surface area contributed by atoms with Gasteiger partial charge in [-0.1, -0.05) is 6.92 Å². The lowest BCUT2D eigenvalue weighted by molar-refractivity contribution is -0.131. The van der Waals surface area contributed by atoms with Crippen molar-refractivity contribution in [1.29, 1.82) is 0 Å². The van der Waals surface area contributed by atoms with Crippen molar-refractivity contribution in [2.24, 2.45) is 5.92 Å². The fourth-order valence-corrected chi connectivity index (χ4v) is 0.639. The van der Waals surface area contributed by atoms with Gasteiger partial charge in [-0.2, -0.15) is 0 Å². The zero-order valence-electron chi connectivity index (χ0n) is 7.67. The molecule has 0 radical (unpaired) electrons. The van der Waals surface area contributed by atoms with Crippen molar-refractivity contribution in [1.82, 2.24) is 5.32 Å². The first-order valence-electron chi connectivity index (χ1n) is 3.97. The number of amides is 1. The van der Waals surface area contributed by atoms with E-state index < -0.39 is 23.9 Å². The average Bonchev–Trinajstić information content (AvgIpc) is 2.14. The van der Waals surface area contributed by atoms with Gasteiger partial charge in [0, 0.05) is 24.8 Å². The predicted octanol–water partition coefficient (Wildman–Crippen LogP) is -1.31. The number of carboxylic acid groups (broad SMARTS) is 1. The number of carbonyl (C=O) groups excluding carboxylic acids is 1. The van der Waals surface area contributed by atoms with E-state index in [2.05, 4.69) is 5.32 Å². The van der Waals surface area contributed by atoms with E-state index in [9.17, 15) is 14.7 Å².